The van der Waals surface area contributed by atoms with Gasteiger partial charge in [0.05, 0.1) is 12.5 Å². The first-order chi connectivity index (χ1) is 9.34. The van der Waals surface area contributed by atoms with Crippen LogP contribution in [0.1, 0.15) is 24.8 Å². The van der Waals surface area contributed by atoms with E-state index in [4.69, 9.17) is 4.74 Å². The number of nitrogens with one attached hydrogen (secondary N) is 1. The third-order valence-electron chi connectivity index (χ3n) is 3.84. The van der Waals surface area contributed by atoms with Crippen LogP contribution in [0.25, 0.3) is 0 Å². The highest BCUT2D eigenvalue weighted by Crippen LogP contribution is 2.24. The highest BCUT2D eigenvalue weighted by atomic mass is 35.5. The van der Waals surface area contributed by atoms with Gasteiger partial charge in [0.25, 0.3) is 0 Å². The number of benzene rings is 1. The maximum absolute atomic E-state index is 12.5. The quantitative estimate of drug-likeness (QED) is 0.909. The number of halogens is 1. The molecular weight excluding hydrogens is 276 g/mol. The topological polar surface area (TPSA) is 41.6 Å². The lowest BCUT2D eigenvalue weighted by molar-refractivity contribution is -0.120. The van der Waals surface area contributed by atoms with Gasteiger partial charge in [0.15, 0.2) is 0 Å². The van der Waals surface area contributed by atoms with Crippen LogP contribution in [-0.2, 0) is 16.1 Å². The summed E-state index contributed by atoms with van der Waals surface area (Å²) < 4.78 is 5.57. The van der Waals surface area contributed by atoms with E-state index in [0.29, 0.717) is 6.42 Å². The summed E-state index contributed by atoms with van der Waals surface area (Å²) in [5.41, 5.74) is 2.25. The molecule has 1 atom stereocenters. The van der Waals surface area contributed by atoms with Crippen molar-refractivity contribution < 1.29 is 9.53 Å². The number of hydrogen-bond donors (Lipinski definition) is 1. The van der Waals surface area contributed by atoms with Crippen LogP contribution in [0.4, 0.5) is 5.69 Å². The Morgan fingerprint density at radius 2 is 2.25 bits per heavy atom. The molecule has 0 spiro atoms. The number of anilines is 1. The van der Waals surface area contributed by atoms with Crippen molar-refractivity contribution >= 4 is 24.0 Å². The first-order valence-electron chi connectivity index (χ1n) is 7.05. The average molecular weight is 297 g/mol. The number of carbonyl (C=O) groups is 1. The van der Waals surface area contributed by atoms with Crippen molar-refractivity contribution in [2.24, 2.45) is 0 Å². The van der Waals surface area contributed by atoms with Gasteiger partial charge in [-0.15, -0.1) is 12.4 Å². The molecular formula is C15H21ClN2O2. The lowest BCUT2D eigenvalue weighted by atomic mass is 10.1. The summed E-state index contributed by atoms with van der Waals surface area (Å²) in [6, 6.07) is 8.14. The Balaban J connectivity index is 0.00000147. The molecule has 0 aromatic heterocycles. The SMILES string of the molecule is Cl.O=C(CC1CCCO1)N1CCNCc2ccccc21. The zero-order valence-electron chi connectivity index (χ0n) is 11.5. The van der Waals surface area contributed by atoms with Crippen LogP contribution in [0.2, 0.25) is 0 Å². The van der Waals surface area contributed by atoms with Crippen LogP contribution in [-0.4, -0.2) is 31.7 Å². The average Bonchev–Trinajstić information content (AvgIpc) is 2.83. The fourth-order valence-corrected chi connectivity index (χ4v) is 2.83. The number of hydrogen-bond acceptors (Lipinski definition) is 3. The van der Waals surface area contributed by atoms with Crippen molar-refractivity contribution in [1.29, 1.82) is 0 Å². The molecule has 0 aliphatic carbocycles. The van der Waals surface area contributed by atoms with E-state index in [1.807, 2.05) is 23.1 Å². The van der Waals surface area contributed by atoms with Crippen molar-refractivity contribution in [1.82, 2.24) is 5.32 Å². The summed E-state index contributed by atoms with van der Waals surface area (Å²) in [6.07, 6.45) is 2.72. The normalized spacial score (nSPS) is 21.8. The van der Waals surface area contributed by atoms with Gasteiger partial charge >= 0.3 is 0 Å². The Bertz CT molecular complexity index is 461. The summed E-state index contributed by atoms with van der Waals surface area (Å²) in [4.78, 5) is 14.4. The van der Waals surface area contributed by atoms with Gasteiger partial charge in [-0.2, -0.15) is 0 Å². The van der Waals surface area contributed by atoms with Gasteiger partial charge in [-0.3, -0.25) is 4.79 Å². The minimum absolute atomic E-state index is 0. The highest BCUT2D eigenvalue weighted by molar-refractivity contribution is 5.94. The largest absolute Gasteiger partial charge is 0.378 e. The lowest BCUT2D eigenvalue weighted by Gasteiger charge is -2.23. The molecule has 1 amide bonds. The second-order valence-electron chi connectivity index (χ2n) is 5.19. The maximum Gasteiger partial charge on any atom is 0.229 e. The monoisotopic (exact) mass is 296 g/mol. The molecule has 0 bridgehead atoms. The molecule has 1 saturated heterocycles. The molecule has 2 aliphatic heterocycles. The second-order valence-corrected chi connectivity index (χ2v) is 5.19. The van der Waals surface area contributed by atoms with Crippen molar-refractivity contribution in [3.8, 4) is 0 Å². The van der Waals surface area contributed by atoms with Crippen LogP contribution >= 0.6 is 12.4 Å². The molecule has 1 fully saturated rings. The molecule has 1 unspecified atom stereocenters. The van der Waals surface area contributed by atoms with Gasteiger partial charge in [-0.05, 0) is 24.5 Å². The van der Waals surface area contributed by atoms with E-state index in [1.54, 1.807) is 0 Å². The number of ether oxygens (including phenoxy) is 1. The van der Waals surface area contributed by atoms with Crippen molar-refractivity contribution in [2.45, 2.75) is 31.9 Å². The molecule has 1 N–H and O–H groups in total. The second kappa shape index (κ2) is 7.07. The number of nitrogens with zero attached hydrogens (tertiary/aromatic N) is 1. The Kier molecular flexibility index (Phi) is 5.40. The van der Waals surface area contributed by atoms with E-state index in [-0.39, 0.29) is 24.4 Å². The first kappa shape index (κ1) is 15.3. The minimum Gasteiger partial charge on any atom is -0.378 e. The standard InChI is InChI=1S/C15H20N2O2.ClH/c18-15(10-13-5-3-9-19-13)17-8-7-16-11-12-4-1-2-6-14(12)17;/h1-2,4,6,13,16H,3,5,7-11H2;1H. The zero-order chi connectivity index (χ0) is 13.1. The highest BCUT2D eigenvalue weighted by Gasteiger charge is 2.25. The van der Waals surface area contributed by atoms with E-state index in [2.05, 4.69) is 11.4 Å². The smallest absolute Gasteiger partial charge is 0.229 e. The van der Waals surface area contributed by atoms with Crippen molar-refractivity contribution in [3.05, 3.63) is 29.8 Å². The van der Waals surface area contributed by atoms with E-state index < -0.39 is 0 Å². The van der Waals surface area contributed by atoms with Gasteiger partial charge < -0.3 is 15.0 Å². The fraction of sp³-hybridized carbons (Fsp3) is 0.533. The van der Waals surface area contributed by atoms with Crippen LogP contribution in [0.3, 0.4) is 0 Å². The number of fused-ring (bicyclic) bond motifs is 1. The van der Waals surface area contributed by atoms with E-state index >= 15 is 0 Å². The van der Waals surface area contributed by atoms with Crippen LogP contribution in [0.5, 0.6) is 0 Å². The van der Waals surface area contributed by atoms with Gasteiger partial charge in [0, 0.05) is 31.9 Å². The third-order valence-corrected chi connectivity index (χ3v) is 3.84. The van der Waals surface area contributed by atoms with E-state index in [9.17, 15) is 4.79 Å². The third kappa shape index (κ3) is 3.32. The van der Waals surface area contributed by atoms with Gasteiger partial charge in [-0.1, -0.05) is 18.2 Å². The van der Waals surface area contributed by atoms with Gasteiger partial charge in [-0.25, -0.2) is 0 Å². The molecule has 1 aromatic rings. The zero-order valence-corrected chi connectivity index (χ0v) is 12.3. The van der Waals surface area contributed by atoms with E-state index in [1.165, 1.54) is 5.56 Å². The summed E-state index contributed by atoms with van der Waals surface area (Å²) in [5.74, 6) is 0.183. The van der Waals surface area contributed by atoms with Crippen molar-refractivity contribution in [3.63, 3.8) is 0 Å². The van der Waals surface area contributed by atoms with Crippen LogP contribution < -0.4 is 10.2 Å². The maximum atomic E-state index is 12.5. The number of amides is 1. The number of para-hydroxylation sites is 1. The van der Waals surface area contributed by atoms with Crippen LogP contribution in [0, 0.1) is 0 Å². The molecule has 20 heavy (non-hydrogen) atoms. The van der Waals surface area contributed by atoms with E-state index in [0.717, 1.165) is 44.8 Å². The number of rotatable bonds is 2. The summed E-state index contributed by atoms with van der Waals surface area (Å²) in [6.45, 7) is 3.21. The van der Waals surface area contributed by atoms with Crippen LogP contribution in [0.15, 0.2) is 24.3 Å². The lowest BCUT2D eigenvalue weighted by Crippen LogP contribution is -2.36. The Morgan fingerprint density at radius 1 is 1.40 bits per heavy atom. The van der Waals surface area contributed by atoms with Gasteiger partial charge in [0.2, 0.25) is 5.91 Å². The molecule has 0 radical (unpaired) electrons. The molecule has 3 rings (SSSR count). The van der Waals surface area contributed by atoms with Gasteiger partial charge in [0.1, 0.15) is 0 Å². The Morgan fingerprint density at radius 3 is 3.05 bits per heavy atom. The molecule has 2 heterocycles. The summed E-state index contributed by atoms with van der Waals surface area (Å²) in [7, 11) is 0. The predicted octanol–water partition coefficient (Wildman–Crippen LogP) is 2.11. The molecule has 5 heteroatoms. The number of carbonyl (C=O) groups excluding carboxylic acids is 1. The molecule has 1 aromatic carbocycles. The molecule has 4 nitrogen and oxygen atoms in total. The minimum atomic E-state index is 0. The first-order valence-corrected chi connectivity index (χ1v) is 7.05. The molecule has 110 valence electrons. The summed E-state index contributed by atoms with van der Waals surface area (Å²) >= 11 is 0. The Hall–Kier alpha value is -1.10. The fourth-order valence-electron chi connectivity index (χ4n) is 2.83. The predicted molar refractivity (Wildman–Crippen MR) is 81.3 cm³/mol. The molecule has 2 aliphatic rings. The van der Waals surface area contributed by atoms with Crippen molar-refractivity contribution in [2.75, 3.05) is 24.6 Å². The Labute approximate surface area is 125 Å². The molecule has 0 saturated carbocycles. The summed E-state index contributed by atoms with van der Waals surface area (Å²) in [5, 5.41) is 3.36.